The zero-order chi connectivity index (χ0) is 21.7. The van der Waals surface area contributed by atoms with Gasteiger partial charge in [0.25, 0.3) is 5.91 Å². The number of allylic oxidation sites excluding steroid dienone is 2. The number of rotatable bonds is 4. The number of nitrogens with zero attached hydrogens (tertiary/aromatic N) is 2. The zero-order valence-electron chi connectivity index (χ0n) is 16.6. The van der Waals surface area contributed by atoms with Gasteiger partial charge in [0.1, 0.15) is 5.70 Å². The zero-order valence-corrected chi connectivity index (χ0v) is 17.3. The van der Waals surface area contributed by atoms with Crippen molar-refractivity contribution in [1.29, 1.82) is 0 Å². The lowest BCUT2D eigenvalue weighted by Crippen LogP contribution is -2.40. The fourth-order valence-electron chi connectivity index (χ4n) is 3.13. The minimum Gasteiger partial charge on any atom is -0.465 e. The average Bonchev–Trinajstić information content (AvgIpc) is 3.01. The smallest absolute Gasteiger partial charge is 0.355 e. The molecule has 0 saturated carbocycles. The molecular weight excluding hydrogens is 412 g/mol. The first-order valence-corrected chi connectivity index (χ1v) is 9.57. The molecular formula is C21H21ClN2O6. The van der Waals surface area contributed by atoms with Crippen LogP contribution in [-0.2, 0) is 23.8 Å². The fourth-order valence-corrected chi connectivity index (χ4v) is 3.34. The van der Waals surface area contributed by atoms with Gasteiger partial charge in [0.05, 0.1) is 43.7 Å². The number of carbonyl (C=O) groups is 3. The van der Waals surface area contributed by atoms with Gasteiger partial charge in [0, 0.05) is 24.9 Å². The topological polar surface area (TPSA) is 85.4 Å². The number of methoxy groups -OCH3 is 2. The molecule has 1 aromatic rings. The van der Waals surface area contributed by atoms with Gasteiger partial charge < -0.3 is 24.0 Å². The van der Waals surface area contributed by atoms with Crippen LogP contribution in [0.5, 0.6) is 0 Å². The SMILES string of the molecule is COC(=O)C1=C(C(=O)OC)N(c2cc(C(=O)N3CCOCC3)ccc2Cl)C=CC=C1. The van der Waals surface area contributed by atoms with Crippen molar-refractivity contribution in [2.45, 2.75) is 0 Å². The van der Waals surface area contributed by atoms with Crippen LogP contribution < -0.4 is 4.90 Å². The first kappa shape index (κ1) is 21.6. The van der Waals surface area contributed by atoms with Gasteiger partial charge in [0.15, 0.2) is 0 Å². The second-order valence-electron chi connectivity index (χ2n) is 6.39. The molecule has 2 aliphatic rings. The third-order valence-electron chi connectivity index (χ3n) is 4.64. The summed E-state index contributed by atoms with van der Waals surface area (Å²) in [6, 6.07) is 4.77. The van der Waals surface area contributed by atoms with E-state index < -0.39 is 11.9 Å². The number of halogens is 1. The molecule has 158 valence electrons. The van der Waals surface area contributed by atoms with E-state index in [-0.39, 0.29) is 22.2 Å². The first-order chi connectivity index (χ1) is 14.5. The van der Waals surface area contributed by atoms with E-state index in [1.54, 1.807) is 41.5 Å². The van der Waals surface area contributed by atoms with Crippen molar-refractivity contribution >= 4 is 35.1 Å². The van der Waals surface area contributed by atoms with Crippen molar-refractivity contribution in [3.63, 3.8) is 0 Å². The van der Waals surface area contributed by atoms with Crippen molar-refractivity contribution in [2.75, 3.05) is 45.4 Å². The molecule has 0 aliphatic carbocycles. The maximum Gasteiger partial charge on any atom is 0.355 e. The van der Waals surface area contributed by atoms with Crippen molar-refractivity contribution in [3.8, 4) is 0 Å². The summed E-state index contributed by atoms with van der Waals surface area (Å²) in [5, 5.41) is 0.283. The predicted molar refractivity (Wildman–Crippen MR) is 110 cm³/mol. The Balaban J connectivity index is 2.08. The molecule has 0 bridgehead atoms. The van der Waals surface area contributed by atoms with Gasteiger partial charge in [-0.25, -0.2) is 9.59 Å². The van der Waals surface area contributed by atoms with Crippen LogP contribution in [0, 0.1) is 0 Å². The van der Waals surface area contributed by atoms with Crippen LogP contribution in [-0.4, -0.2) is 63.3 Å². The van der Waals surface area contributed by atoms with Crippen molar-refractivity contribution < 1.29 is 28.6 Å². The van der Waals surface area contributed by atoms with E-state index in [2.05, 4.69) is 0 Å². The Hall–Kier alpha value is -3.10. The van der Waals surface area contributed by atoms with E-state index in [9.17, 15) is 14.4 Å². The van der Waals surface area contributed by atoms with Crippen molar-refractivity contribution in [3.05, 3.63) is 64.5 Å². The summed E-state index contributed by atoms with van der Waals surface area (Å²) >= 11 is 6.42. The Morgan fingerprint density at radius 2 is 1.73 bits per heavy atom. The third kappa shape index (κ3) is 4.39. The van der Waals surface area contributed by atoms with Gasteiger partial charge in [-0.15, -0.1) is 0 Å². The van der Waals surface area contributed by atoms with Crippen molar-refractivity contribution in [1.82, 2.24) is 4.90 Å². The number of hydrogen-bond donors (Lipinski definition) is 0. The summed E-state index contributed by atoms with van der Waals surface area (Å²) in [4.78, 5) is 40.9. The van der Waals surface area contributed by atoms with E-state index >= 15 is 0 Å². The number of morpholine rings is 1. The molecule has 0 aromatic heterocycles. The number of hydrogen-bond acceptors (Lipinski definition) is 7. The van der Waals surface area contributed by atoms with Crippen LogP contribution in [0.4, 0.5) is 5.69 Å². The molecule has 1 saturated heterocycles. The van der Waals surface area contributed by atoms with Gasteiger partial charge >= 0.3 is 11.9 Å². The Labute approximate surface area is 178 Å². The summed E-state index contributed by atoms with van der Waals surface area (Å²) in [7, 11) is 2.43. The Kier molecular flexibility index (Phi) is 6.91. The van der Waals surface area contributed by atoms with Crippen LogP contribution in [0.3, 0.4) is 0 Å². The lowest BCUT2D eigenvalue weighted by Gasteiger charge is -2.28. The predicted octanol–water partition coefficient (Wildman–Crippen LogP) is 2.30. The minimum atomic E-state index is -0.757. The molecule has 0 radical (unpaired) electrons. The molecule has 30 heavy (non-hydrogen) atoms. The van der Waals surface area contributed by atoms with E-state index in [1.165, 1.54) is 25.2 Å². The summed E-state index contributed by atoms with van der Waals surface area (Å²) < 4.78 is 15.0. The highest BCUT2D eigenvalue weighted by Crippen LogP contribution is 2.33. The highest BCUT2D eigenvalue weighted by atomic mass is 35.5. The highest BCUT2D eigenvalue weighted by molar-refractivity contribution is 6.33. The van der Waals surface area contributed by atoms with E-state index in [1.807, 2.05) is 0 Å². The molecule has 3 rings (SSSR count). The molecule has 9 heteroatoms. The number of carbonyl (C=O) groups excluding carboxylic acids is 3. The minimum absolute atomic E-state index is 0.00433. The summed E-state index contributed by atoms with van der Waals surface area (Å²) in [5.74, 6) is -1.64. The second-order valence-corrected chi connectivity index (χ2v) is 6.79. The molecule has 1 amide bonds. The quantitative estimate of drug-likeness (QED) is 0.675. The van der Waals surface area contributed by atoms with E-state index in [0.717, 1.165) is 0 Å². The number of esters is 2. The molecule has 2 aliphatic heterocycles. The van der Waals surface area contributed by atoms with E-state index in [4.69, 9.17) is 25.8 Å². The monoisotopic (exact) mass is 432 g/mol. The molecule has 0 N–H and O–H groups in total. The van der Waals surface area contributed by atoms with Crippen LogP contribution in [0.15, 0.2) is 53.9 Å². The molecule has 0 spiro atoms. The van der Waals surface area contributed by atoms with Crippen LogP contribution in [0.1, 0.15) is 10.4 Å². The number of anilines is 1. The van der Waals surface area contributed by atoms with Crippen LogP contribution >= 0.6 is 11.6 Å². The second kappa shape index (κ2) is 9.60. The van der Waals surface area contributed by atoms with Gasteiger partial charge in [0.2, 0.25) is 0 Å². The maximum atomic E-state index is 12.9. The van der Waals surface area contributed by atoms with Crippen LogP contribution in [0.25, 0.3) is 0 Å². The Morgan fingerprint density at radius 1 is 1.03 bits per heavy atom. The van der Waals surface area contributed by atoms with Gasteiger partial charge in [-0.1, -0.05) is 17.7 Å². The largest absolute Gasteiger partial charge is 0.465 e. The molecule has 2 heterocycles. The molecule has 0 atom stereocenters. The Morgan fingerprint density at radius 3 is 2.40 bits per heavy atom. The summed E-state index contributed by atoms with van der Waals surface area (Å²) in [5.41, 5.74) is 0.658. The summed E-state index contributed by atoms with van der Waals surface area (Å²) in [6.07, 6.45) is 6.23. The maximum absolute atomic E-state index is 12.9. The van der Waals surface area contributed by atoms with E-state index in [0.29, 0.717) is 37.6 Å². The Bertz CT molecular complexity index is 947. The molecule has 0 unspecified atom stereocenters. The normalized spacial score (nSPS) is 16.4. The standard InChI is InChI=1S/C21H21ClN2O6/c1-28-20(26)15-5-3-4-8-24(18(15)21(27)29-2)17-13-14(6-7-16(17)22)19(25)23-9-11-30-12-10-23/h3-8,13H,9-12H2,1-2H3. The number of benzene rings is 1. The highest BCUT2D eigenvalue weighted by Gasteiger charge is 2.29. The fraction of sp³-hybridized carbons (Fsp3) is 0.286. The molecule has 1 aromatic carbocycles. The van der Waals surface area contributed by atoms with Gasteiger partial charge in [-0.3, -0.25) is 4.79 Å². The molecule has 1 fully saturated rings. The lowest BCUT2D eigenvalue weighted by molar-refractivity contribution is -0.139. The van der Waals surface area contributed by atoms with Gasteiger partial charge in [-0.05, 0) is 30.4 Å². The third-order valence-corrected chi connectivity index (χ3v) is 4.96. The van der Waals surface area contributed by atoms with Gasteiger partial charge in [-0.2, -0.15) is 0 Å². The molecule has 8 nitrogen and oxygen atoms in total. The summed E-state index contributed by atoms with van der Waals surface area (Å²) in [6.45, 7) is 1.93. The van der Waals surface area contributed by atoms with Crippen molar-refractivity contribution in [2.24, 2.45) is 0 Å². The average molecular weight is 433 g/mol. The number of amides is 1. The van der Waals surface area contributed by atoms with Crippen LogP contribution in [0.2, 0.25) is 5.02 Å². The lowest BCUT2D eigenvalue weighted by atomic mass is 10.1. The first-order valence-electron chi connectivity index (χ1n) is 9.19. The number of ether oxygens (including phenoxy) is 3.